The molecule has 1 N–H and O–H groups in total. The van der Waals surface area contributed by atoms with Gasteiger partial charge in [-0.3, -0.25) is 4.79 Å². The van der Waals surface area contributed by atoms with Gasteiger partial charge in [-0.15, -0.1) is 0 Å². The Balaban J connectivity index is 2.67. The van der Waals surface area contributed by atoms with E-state index < -0.39 is 40.4 Å². The van der Waals surface area contributed by atoms with Crippen molar-refractivity contribution in [3.63, 3.8) is 0 Å². The lowest BCUT2D eigenvalue weighted by atomic mass is 10.0. The van der Waals surface area contributed by atoms with Gasteiger partial charge in [0.25, 0.3) is 0 Å². The quantitative estimate of drug-likeness (QED) is 0.394. The highest BCUT2D eigenvalue weighted by molar-refractivity contribution is 6.10. The summed E-state index contributed by atoms with van der Waals surface area (Å²) in [5.41, 5.74) is -1.33. The Hall–Kier alpha value is -2.37. The third kappa shape index (κ3) is 2.05. The second kappa shape index (κ2) is 4.72. The van der Waals surface area contributed by atoms with Crippen molar-refractivity contribution in [2.75, 3.05) is 0 Å². The lowest BCUT2D eigenvalue weighted by Gasteiger charge is -2.08. The van der Waals surface area contributed by atoms with E-state index in [1.807, 2.05) is 0 Å². The van der Waals surface area contributed by atoms with Crippen LogP contribution in [0.15, 0.2) is 30.3 Å². The first kappa shape index (κ1) is 13.1. The van der Waals surface area contributed by atoms with E-state index in [0.717, 1.165) is 0 Å². The molecule has 0 aliphatic rings. The molecule has 0 aliphatic heterocycles. The van der Waals surface area contributed by atoms with Crippen LogP contribution >= 0.6 is 0 Å². The Morgan fingerprint density at radius 3 is 1.95 bits per heavy atom. The van der Waals surface area contributed by atoms with Crippen molar-refractivity contribution in [2.45, 2.75) is 0 Å². The summed E-state index contributed by atoms with van der Waals surface area (Å²) in [4.78, 5) is 11.8. The number of carbonyl (C=O) groups is 1. The summed E-state index contributed by atoms with van der Waals surface area (Å²) in [6.07, 6.45) is 0. The molecule has 0 atom stereocenters. The molecule has 0 heterocycles. The fourth-order valence-electron chi connectivity index (χ4n) is 1.56. The SMILES string of the molecule is O=C(c1ccccc1)c1c(O)c(F)c(F)c(F)c1F. The van der Waals surface area contributed by atoms with Gasteiger partial charge in [-0.05, 0) is 0 Å². The number of phenolic OH excluding ortho intramolecular Hbond substituents is 1. The highest BCUT2D eigenvalue weighted by Crippen LogP contribution is 2.31. The second-order valence-corrected chi connectivity index (χ2v) is 3.67. The summed E-state index contributed by atoms with van der Waals surface area (Å²) in [6, 6.07) is 6.98. The van der Waals surface area contributed by atoms with Crippen molar-refractivity contribution in [2.24, 2.45) is 0 Å². The van der Waals surface area contributed by atoms with E-state index in [4.69, 9.17) is 0 Å². The van der Waals surface area contributed by atoms with Crippen LogP contribution in [0.5, 0.6) is 5.75 Å². The highest BCUT2D eigenvalue weighted by atomic mass is 19.2. The number of rotatable bonds is 2. The highest BCUT2D eigenvalue weighted by Gasteiger charge is 2.29. The molecular formula is C13H6F4O2. The van der Waals surface area contributed by atoms with Crippen LogP contribution < -0.4 is 0 Å². The van der Waals surface area contributed by atoms with Gasteiger partial charge in [0.15, 0.2) is 23.2 Å². The Morgan fingerprint density at radius 2 is 1.37 bits per heavy atom. The van der Waals surface area contributed by atoms with E-state index in [0.29, 0.717) is 0 Å². The predicted molar refractivity (Wildman–Crippen MR) is 57.8 cm³/mol. The summed E-state index contributed by atoms with van der Waals surface area (Å²) < 4.78 is 52.5. The van der Waals surface area contributed by atoms with Crippen LogP contribution in [-0.2, 0) is 0 Å². The Morgan fingerprint density at radius 1 is 0.842 bits per heavy atom. The normalized spacial score (nSPS) is 10.5. The maximum atomic E-state index is 13.5. The number of halogens is 4. The van der Waals surface area contributed by atoms with E-state index in [1.165, 1.54) is 24.3 Å². The topological polar surface area (TPSA) is 37.3 Å². The van der Waals surface area contributed by atoms with E-state index in [-0.39, 0.29) is 5.56 Å². The first-order valence-corrected chi connectivity index (χ1v) is 5.09. The number of aromatic hydroxyl groups is 1. The zero-order valence-corrected chi connectivity index (χ0v) is 9.25. The number of hydrogen-bond acceptors (Lipinski definition) is 2. The van der Waals surface area contributed by atoms with Crippen LogP contribution in [0.3, 0.4) is 0 Å². The predicted octanol–water partition coefficient (Wildman–Crippen LogP) is 3.18. The monoisotopic (exact) mass is 270 g/mol. The number of carbonyl (C=O) groups excluding carboxylic acids is 1. The standard InChI is InChI=1S/C13H6F4O2/c14-8-7(12(18)6-4-2-1-3-5-6)13(19)11(17)10(16)9(8)15/h1-5,19H. The van der Waals surface area contributed by atoms with Crippen molar-refractivity contribution < 1.29 is 27.5 Å². The molecule has 0 bridgehead atoms. The second-order valence-electron chi connectivity index (χ2n) is 3.67. The molecule has 98 valence electrons. The van der Waals surface area contributed by atoms with Crippen LogP contribution in [-0.4, -0.2) is 10.9 Å². The minimum absolute atomic E-state index is 0.0953. The van der Waals surface area contributed by atoms with Gasteiger partial charge in [0.2, 0.25) is 11.6 Å². The summed E-state index contributed by atoms with van der Waals surface area (Å²) in [6.45, 7) is 0. The smallest absolute Gasteiger partial charge is 0.204 e. The number of ketones is 1. The summed E-state index contributed by atoms with van der Waals surface area (Å²) in [5, 5.41) is 9.27. The van der Waals surface area contributed by atoms with E-state index in [2.05, 4.69) is 0 Å². The van der Waals surface area contributed by atoms with Crippen molar-refractivity contribution in [1.82, 2.24) is 0 Å². The molecule has 0 spiro atoms. The molecule has 0 fully saturated rings. The van der Waals surface area contributed by atoms with Crippen LogP contribution in [0, 0.1) is 23.3 Å². The summed E-state index contributed by atoms with van der Waals surface area (Å²) in [7, 11) is 0. The lowest BCUT2D eigenvalue weighted by molar-refractivity contribution is 0.102. The van der Waals surface area contributed by atoms with Gasteiger partial charge in [-0.25, -0.2) is 13.2 Å². The van der Waals surface area contributed by atoms with Crippen molar-refractivity contribution in [1.29, 1.82) is 0 Å². The third-order valence-electron chi connectivity index (χ3n) is 2.51. The van der Waals surface area contributed by atoms with E-state index in [9.17, 15) is 27.5 Å². The molecule has 0 aliphatic carbocycles. The molecule has 2 rings (SSSR count). The maximum absolute atomic E-state index is 13.5. The van der Waals surface area contributed by atoms with Crippen LogP contribution in [0.25, 0.3) is 0 Å². The fraction of sp³-hybridized carbons (Fsp3) is 0. The minimum atomic E-state index is -2.17. The van der Waals surface area contributed by atoms with Crippen LogP contribution in [0.1, 0.15) is 15.9 Å². The van der Waals surface area contributed by atoms with Gasteiger partial charge < -0.3 is 5.11 Å². The zero-order valence-electron chi connectivity index (χ0n) is 9.25. The Labute approximate surface area is 104 Å². The molecule has 2 aromatic rings. The van der Waals surface area contributed by atoms with Gasteiger partial charge in [0.05, 0.1) is 0 Å². The molecule has 2 nitrogen and oxygen atoms in total. The van der Waals surface area contributed by atoms with Gasteiger partial charge in [-0.2, -0.15) is 4.39 Å². The van der Waals surface area contributed by atoms with Crippen molar-refractivity contribution >= 4 is 5.78 Å². The molecule has 0 radical (unpaired) electrons. The number of phenols is 1. The molecule has 0 aromatic heterocycles. The van der Waals surface area contributed by atoms with Gasteiger partial charge in [-0.1, -0.05) is 30.3 Å². The lowest BCUT2D eigenvalue weighted by Crippen LogP contribution is -2.10. The van der Waals surface area contributed by atoms with Gasteiger partial charge in [0, 0.05) is 5.56 Å². The zero-order chi connectivity index (χ0) is 14.2. The molecule has 0 saturated heterocycles. The van der Waals surface area contributed by atoms with E-state index in [1.54, 1.807) is 6.07 Å². The Kier molecular flexibility index (Phi) is 3.25. The molecular weight excluding hydrogens is 264 g/mol. The first-order valence-electron chi connectivity index (χ1n) is 5.09. The average Bonchev–Trinajstić information content (AvgIpc) is 2.44. The third-order valence-corrected chi connectivity index (χ3v) is 2.51. The fourth-order valence-corrected chi connectivity index (χ4v) is 1.56. The summed E-state index contributed by atoms with van der Waals surface area (Å²) in [5.74, 6) is -10.9. The summed E-state index contributed by atoms with van der Waals surface area (Å²) >= 11 is 0. The Bertz CT molecular complexity index is 624. The molecule has 19 heavy (non-hydrogen) atoms. The van der Waals surface area contributed by atoms with Gasteiger partial charge in [0.1, 0.15) is 5.56 Å². The number of benzene rings is 2. The van der Waals surface area contributed by atoms with Crippen LogP contribution in [0.4, 0.5) is 17.6 Å². The molecule has 2 aromatic carbocycles. The molecule has 0 amide bonds. The van der Waals surface area contributed by atoms with Gasteiger partial charge >= 0.3 is 0 Å². The molecule has 0 saturated carbocycles. The van der Waals surface area contributed by atoms with Crippen LogP contribution in [0.2, 0.25) is 0 Å². The minimum Gasteiger partial charge on any atom is -0.504 e. The maximum Gasteiger partial charge on any atom is 0.204 e. The van der Waals surface area contributed by atoms with Crippen molar-refractivity contribution in [3.8, 4) is 5.75 Å². The molecule has 0 unspecified atom stereocenters. The number of hydrogen-bond donors (Lipinski definition) is 1. The van der Waals surface area contributed by atoms with E-state index >= 15 is 0 Å². The first-order chi connectivity index (χ1) is 8.95. The largest absolute Gasteiger partial charge is 0.504 e. The van der Waals surface area contributed by atoms with Crippen molar-refractivity contribution in [3.05, 3.63) is 64.7 Å². The molecule has 6 heteroatoms. The average molecular weight is 270 g/mol.